The third-order valence-electron chi connectivity index (χ3n) is 5.69. The highest BCUT2D eigenvalue weighted by Crippen LogP contribution is 2.19. The number of carbonyl (C=O) groups is 4. The number of aromatic hydroxyl groups is 1. The molecule has 196 valence electrons. The van der Waals surface area contributed by atoms with E-state index in [9.17, 15) is 24.3 Å². The summed E-state index contributed by atoms with van der Waals surface area (Å²) in [5.41, 5.74) is 8.58. The molecule has 3 rings (SSSR count). The molecule has 3 unspecified atom stereocenters. The number of nitrogens with one attached hydrogen (secondary N) is 4. The fourth-order valence-electron chi connectivity index (χ4n) is 3.74. The van der Waals surface area contributed by atoms with Gasteiger partial charge in [0, 0.05) is 29.3 Å². The van der Waals surface area contributed by atoms with Crippen molar-refractivity contribution >= 4 is 47.2 Å². The van der Waals surface area contributed by atoms with Crippen molar-refractivity contribution in [3.05, 3.63) is 65.9 Å². The average Bonchev–Trinajstić information content (AvgIpc) is 3.29. The van der Waals surface area contributed by atoms with E-state index in [2.05, 4.69) is 33.6 Å². The van der Waals surface area contributed by atoms with E-state index in [4.69, 9.17) is 10.8 Å². The van der Waals surface area contributed by atoms with Gasteiger partial charge in [-0.3, -0.25) is 19.2 Å². The Morgan fingerprint density at radius 3 is 2.27 bits per heavy atom. The minimum Gasteiger partial charge on any atom is -0.508 e. The number of amides is 3. The van der Waals surface area contributed by atoms with E-state index >= 15 is 0 Å². The number of rotatable bonds is 12. The second kappa shape index (κ2) is 12.8. The average molecular weight is 528 g/mol. The number of phenols is 1. The van der Waals surface area contributed by atoms with E-state index in [1.807, 2.05) is 24.3 Å². The zero-order valence-electron chi connectivity index (χ0n) is 19.8. The minimum atomic E-state index is -1.24. The number of carboxylic acid groups (broad SMARTS) is 1. The molecule has 1 heterocycles. The lowest BCUT2D eigenvalue weighted by Gasteiger charge is -2.23. The number of fused-ring (bicyclic) bond motifs is 1. The van der Waals surface area contributed by atoms with Gasteiger partial charge in [0.05, 0.1) is 6.04 Å². The third kappa shape index (κ3) is 7.72. The molecule has 0 radical (unpaired) electrons. The first kappa shape index (κ1) is 27.6. The maximum absolute atomic E-state index is 13.1. The molecule has 1 aromatic heterocycles. The van der Waals surface area contributed by atoms with Crippen LogP contribution < -0.4 is 21.7 Å². The summed E-state index contributed by atoms with van der Waals surface area (Å²) >= 11 is 4.07. The van der Waals surface area contributed by atoms with E-state index in [0.717, 1.165) is 16.5 Å². The van der Waals surface area contributed by atoms with E-state index in [1.54, 1.807) is 18.3 Å². The zero-order chi connectivity index (χ0) is 26.9. The normalized spacial score (nSPS) is 13.4. The molecule has 3 atom stereocenters. The fraction of sp³-hybridized carbons (Fsp3) is 0.280. The number of aliphatic carboxylic acids is 1. The predicted molar refractivity (Wildman–Crippen MR) is 140 cm³/mol. The fourth-order valence-corrected chi connectivity index (χ4v) is 4.00. The van der Waals surface area contributed by atoms with E-state index in [-0.39, 0.29) is 24.3 Å². The van der Waals surface area contributed by atoms with Gasteiger partial charge in [0.15, 0.2) is 0 Å². The van der Waals surface area contributed by atoms with Gasteiger partial charge in [0.2, 0.25) is 17.7 Å². The van der Waals surface area contributed by atoms with Gasteiger partial charge in [-0.05, 0) is 35.7 Å². The zero-order valence-corrected chi connectivity index (χ0v) is 20.7. The molecule has 0 spiro atoms. The largest absolute Gasteiger partial charge is 0.508 e. The summed E-state index contributed by atoms with van der Waals surface area (Å²) < 4.78 is 0. The summed E-state index contributed by atoms with van der Waals surface area (Å²) in [6.45, 7) is -0.616. The first-order valence-electron chi connectivity index (χ1n) is 11.5. The lowest BCUT2D eigenvalue weighted by Crippen LogP contribution is -2.57. The lowest BCUT2D eigenvalue weighted by molar-refractivity contribution is -0.138. The van der Waals surface area contributed by atoms with Crippen molar-refractivity contribution in [3.8, 4) is 5.75 Å². The Labute approximate surface area is 218 Å². The van der Waals surface area contributed by atoms with Crippen LogP contribution in [0.3, 0.4) is 0 Å². The molecule has 2 aromatic carbocycles. The summed E-state index contributed by atoms with van der Waals surface area (Å²) in [5.74, 6) is -3.26. The van der Waals surface area contributed by atoms with Crippen molar-refractivity contribution in [3.63, 3.8) is 0 Å². The SMILES string of the molecule is NC(Cc1c[nH]c2ccccc12)C(=O)NC(Cc1ccc(O)cc1)C(=O)NC(CS)C(=O)NCC(=O)O. The number of aromatic nitrogens is 1. The van der Waals surface area contributed by atoms with Crippen molar-refractivity contribution < 1.29 is 29.4 Å². The van der Waals surface area contributed by atoms with Crippen LogP contribution in [0.1, 0.15) is 11.1 Å². The smallest absolute Gasteiger partial charge is 0.322 e. The number of para-hydroxylation sites is 1. The van der Waals surface area contributed by atoms with Gasteiger partial charge in [-0.2, -0.15) is 12.6 Å². The Morgan fingerprint density at radius 2 is 1.59 bits per heavy atom. The third-order valence-corrected chi connectivity index (χ3v) is 6.06. The van der Waals surface area contributed by atoms with Gasteiger partial charge in [-0.1, -0.05) is 30.3 Å². The van der Waals surface area contributed by atoms with Gasteiger partial charge in [0.25, 0.3) is 0 Å². The summed E-state index contributed by atoms with van der Waals surface area (Å²) in [6.07, 6.45) is 2.05. The van der Waals surface area contributed by atoms with Crippen LogP contribution in [0.25, 0.3) is 10.9 Å². The molecule has 11 nitrogen and oxygen atoms in total. The quantitative estimate of drug-likeness (QED) is 0.153. The second-order valence-electron chi connectivity index (χ2n) is 8.46. The molecule has 0 saturated carbocycles. The number of phenolic OH excluding ortho intramolecular Hbond substituents is 1. The van der Waals surface area contributed by atoms with Crippen molar-refractivity contribution in [1.29, 1.82) is 0 Å². The number of hydrogen-bond acceptors (Lipinski definition) is 7. The van der Waals surface area contributed by atoms with Crippen molar-refractivity contribution in [2.75, 3.05) is 12.3 Å². The van der Waals surface area contributed by atoms with Crippen LogP contribution in [0, 0.1) is 0 Å². The number of thiol groups is 1. The van der Waals surface area contributed by atoms with Crippen molar-refractivity contribution in [1.82, 2.24) is 20.9 Å². The van der Waals surface area contributed by atoms with Crippen LogP contribution >= 0.6 is 12.6 Å². The highest BCUT2D eigenvalue weighted by molar-refractivity contribution is 7.80. The molecule has 0 saturated heterocycles. The number of H-pyrrole nitrogens is 1. The molecule has 0 aliphatic carbocycles. The predicted octanol–water partition coefficient (Wildman–Crippen LogP) is 0.0862. The Balaban J connectivity index is 1.73. The monoisotopic (exact) mass is 527 g/mol. The highest BCUT2D eigenvalue weighted by atomic mass is 32.1. The van der Waals surface area contributed by atoms with Crippen LogP contribution in [0.4, 0.5) is 0 Å². The number of carbonyl (C=O) groups excluding carboxylic acids is 3. The molecular weight excluding hydrogens is 498 g/mol. The lowest BCUT2D eigenvalue weighted by atomic mass is 10.0. The minimum absolute atomic E-state index is 0.0415. The molecule has 3 amide bonds. The van der Waals surface area contributed by atoms with Crippen LogP contribution in [-0.4, -0.2) is 69.3 Å². The van der Waals surface area contributed by atoms with Crippen molar-refractivity contribution in [2.45, 2.75) is 31.0 Å². The Hall–Kier alpha value is -4.03. The topological polar surface area (TPSA) is 187 Å². The number of nitrogens with two attached hydrogens (primary N) is 1. The summed E-state index contributed by atoms with van der Waals surface area (Å²) in [7, 11) is 0. The number of carboxylic acids is 1. The van der Waals surface area contributed by atoms with Crippen molar-refractivity contribution in [2.24, 2.45) is 5.73 Å². The molecule has 0 aliphatic rings. The second-order valence-corrected chi connectivity index (χ2v) is 8.82. The van der Waals surface area contributed by atoms with E-state index < -0.39 is 48.4 Å². The van der Waals surface area contributed by atoms with E-state index in [0.29, 0.717) is 5.56 Å². The summed E-state index contributed by atoms with van der Waals surface area (Å²) in [4.78, 5) is 52.3. The first-order chi connectivity index (χ1) is 17.7. The maximum Gasteiger partial charge on any atom is 0.322 e. The number of aromatic amines is 1. The van der Waals surface area contributed by atoms with Crippen LogP contribution in [0.15, 0.2) is 54.7 Å². The maximum atomic E-state index is 13.1. The Morgan fingerprint density at radius 1 is 0.919 bits per heavy atom. The Kier molecular flexibility index (Phi) is 9.52. The van der Waals surface area contributed by atoms with Crippen LogP contribution in [0.5, 0.6) is 5.75 Å². The van der Waals surface area contributed by atoms with Gasteiger partial charge >= 0.3 is 5.97 Å². The summed E-state index contributed by atoms with van der Waals surface area (Å²) in [5, 5.41) is 26.6. The molecule has 8 N–H and O–H groups in total. The van der Waals surface area contributed by atoms with Crippen LogP contribution in [-0.2, 0) is 32.0 Å². The molecular formula is C25H29N5O6S. The van der Waals surface area contributed by atoms with Gasteiger partial charge in [-0.15, -0.1) is 0 Å². The highest BCUT2D eigenvalue weighted by Gasteiger charge is 2.28. The first-order valence-corrected chi connectivity index (χ1v) is 12.1. The van der Waals surface area contributed by atoms with Gasteiger partial charge in [-0.25, -0.2) is 0 Å². The Bertz CT molecular complexity index is 1260. The molecule has 0 aliphatic heterocycles. The summed E-state index contributed by atoms with van der Waals surface area (Å²) in [6, 6.07) is 10.5. The van der Waals surface area contributed by atoms with Crippen LogP contribution in [0.2, 0.25) is 0 Å². The number of benzene rings is 2. The standard InChI is InChI=1S/C25H29N5O6S/c26-18(10-15-11-27-19-4-2-1-3-17(15)19)23(34)29-20(9-14-5-7-16(31)8-6-14)25(36)30-21(13-37)24(35)28-12-22(32)33/h1-8,11,18,20-21,27,31,37H,9-10,12-13,26H2,(H,28,35)(H,29,34)(H,30,36)(H,32,33). The molecule has 0 fully saturated rings. The van der Waals surface area contributed by atoms with Gasteiger partial charge < -0.3 is 36.9 Å². The number of hydrogen-bond donors (Lipinski definition) is 8. The molecule has 3 aromatic rings. The van der Waals surface area contributed by atoms with Gasteiger partial charge in [0.1, 0.15) is 24.4 Å². The molecule has 37 heavy (non-hydrogen) atoms. The molecule has 12 heteroatoms. The molecule has 0 bridgehead atoms. The van der Waals surface area contributed by atoms with E-state index in [1.165, 1.54) is 12.1 Å².